The highest BCUT2D eigenvalue weighted by atomic mass is 35.5. The van der Waals surface area contributed by atoms with Crippen molar-refractivity contribution < 1.29 is 9.47 Å². The quantitative estimate of drug-likeness (QED) is 0.880. The van der Waals surface area contributed by atoms with Crippen molar-refractivity contribution in [1.29, 1.82) is 0 Å². The molecule has 0 saturated carbocycles. The molecule has 1 aromatic carbocycles. The molecule has 118 valence electrons. The molecule has 1 aliphatic heterocycles. The Hall–Kier alpha value is -0.930. The number of benzene rings is 1. The minimum Gasteiger partial charge on any atom is -0.489 e. The van der Waals surface area contributed by atoms with Crippen LogP contribution in [0.25, 0.3) is 0 Å². The van der Waals surface area contributed by atoms with E-state index in [1.807, 2.05) is 12.1 Å². The Bertz CT molecular complexity index is 486. The van der Waals surface area contributed by atoms with Crippen molar-refractivity contribution in [3.8, 4) is 11.5 Å². The minimum atomic E-state index is 0.273. The maximum atomic E-state index is 6.31. The average Bonchev–Trinajstić information content (AvgIpc) is 2.64. The van der Waals surface area contributed by atoms with Gasteiger partial charge in [0.1, 0.15) is 0 Å². The van der Waals surface area contributed by atoms with Crippen molar-refractivity contribution in [2.24, 2.45) is 11.3 Å². The summed E-state index contributed by atoms with van der Waals surface area (Å²) in [6.45, 7) is 12.2. The first-order chi connectivity index (χ1) is 9.90. The van der Waals surface area contributed by atoms with Crippen LogP contribution in [-0.4, -0.2) is 19.8 Å². The fourth-order valence-corrected chi connectivity index (χ4v) is 2.41. The molecule has 0 spiro atoms. The molecule has 0 fully saturated rings. The number of nitrogens with one attached hydrogen (secondary N) is 1. The van der Waals surface area contributed by atoms with Crippen LogP contribution in [0.4, 0.5) is 0 Å². The van der Waals surface area contributed by atoms with Crippen LogP contribution in [0, 0.1) is 11.3 Å². The Morgan fingerprint density at radius 2 is 1.95 bits per heavy atom. The summed E-state index contributed by atoms with van der Waals surface area (Å²) in [6, 6.07) is 3.99. The summed E-state index contributed by atoms with van der Waals surface area (Å²) in [6.07, 6.45) is 0.890. The zero-order valence-corrected chi connectivity index (χ0v) is 14.2. The van der Waals surface area contributed by atoms with Gasteiger partial charge in [0, 0.05) is 19.5 Å². The molecule has 0 aromatic heterocycles. The highest BCUT2D eigenvalue weighted by molar-refractivity contribution is 6.32. The Morgan fingerprint density at radius 1 is 1.24 bits per heavy atom. The maximum Gasteiger partial charge on any atom is 0.179 e. The number of halogens is 1. The van der Waals surface area contributed by atoms with Gasteiger partial charge in [-0.15, -0.1) is 0 Å². The zero-order chi connectivity index (χ0) is 15.5. The van der Waals surface area contributed by atoms with Gasteiger partial charge in [0.05, 0.1) is 18.2 Å². The molecular formula is C17H26ClNO2. The number of fused-ring (bicyclic) bond motifs is 1. The first kappa shape index (κ1) is 16.4. The molecule has 0 atom stereocenters. The Labute approximate surface area is 133 Å². The normalized spacial score (nSPS) is 15.1. The molecule has 1 aromatic rings. The van der Waals surface area contributed by atoms with E-state index in [1.165, 1.54) is 0 Å². The molecule has 1 N–H and O–H groups in total. The third-order valence-electron chi connectivity index (χ3n) is 4.33. The van der Waals surface area contributed by atoms with E-state index in [0.29, 0.717) is 29.9 Å². The summed E-state index contributed by atoms with van der Waals surface area (Å²) >= 11 is 6.31. The van der Waals surface area contributed by atoms with Crippen molar-refractivity contribution in [2.75, 3.05) is 19.8 Å². The van der Waals surface area contributed by atoms with Crippen LogP contribution >= 0.6 is 11.6 Å². The van der Waals surface area contributed by atoms with Crippen LogP contribution in [0.1, 0.15) is 39.7 Å². The summed E-state index contributed by atoms with van der Waals surface area (Å²) in [4.78, 5) is 0. The molecule has 3 nitrogen and oxygen atoms in total. The standard InChI is InChI=1S/C17H26ClNO2/c1-12(2)17(3,4)11-19-10-13-8-14(18)16-15(9-13)20-6-5-7-21-16/h8-9,12,19H,5-7,10-11H2,1-4H3. The van der Waals surface area contributed by atoms with E-state index in [4.69, 9.17) is 21.1 Å². The van der Waals surface area contributed by atoms with Crippen molar-refractivity contribution >= 4 is 11.6 Å². The van der Waals surface area contributed by atoms with E-state index in [2.05, 4.69) is 33.0 Å². The molecule has 0 saturated heterocycles. The third-order valence-corrected chi connectivity index (χ3v) is 4.62. The summed E-state index contributed by atoms with van der Waals surface area (Å²) in [5.74, 6) is 2.08. The lowest BCUT2D eigenvalue weighted by Crippen LogP contribution is -2.33. The molecule has 4 heteroatoms. The number of hydrogen-bond acceptors (Lipinski definition) is 3. The minimum absolute atomic E-state index is 0.273. The molecule has 21 heavy (non-hydrogen) atoms. The molecule has 0 amide bonds. The van der Waals surface area contributed by atoms with Gasteiger partial charge in [0.25, 0.3) is 0 Å². The van der Waals surface area contributed by atoms with Crippen molar-refractivity contribution in [1.82, 2.24) is 5.32 Å². The van der Waals surface area contributed by atoms with Crippen LogP contribution < -0.4 is 14.8 Å². The number of hydrogen-bond donors (Lipinski definition) is 1. The van der Waals surface area contributed by atoms with Crippen molar-refractivity contribution in [2.45, 2.75) is 40.7 Å². The first-order valence-electron chi connectivity index (χ1n) is 7.69. The van der Waals surface area contributed by atoms with Gasteiger partial charge in [-0.25, -0.2) is 0 Å². The van der Waals surface area contributed by atoms with Crippen LogP contribution in [0.15, 0.2) is 12.1 Å². The average molecular weight is 312 g/mol. The largest absolute Gasteiger partial charge is 0.489 e. The van der Waals surface area contributed by atoms with Crippen molar-refractivity contribution in [3.63, 3.8) is 0 Å². The molecule has 0 unspecified atom stereocenters. The summed E-state index contributed by atoms with van der Waals surface area (Å²) in [7, 11) is 0. The lowest BCUT2D eigenvalue weighted by atomic mass is 9.81. The summed E-state index contributed by atoms with van der Waals surface area (Å²) < 4.78 is 11.4. The SMILES string of the molecule is CC(C)C(C)(C)CNCc1cc(Cl)c2c(c1)OCCCO2. The Morgan fingerprint density at radius 3 is 2.67 bits per heavy atom. The van der Waals surface area contributed by atoms with Crippen LogP contribution in [0.2, 0.25) is 5.02 Å². The van der Waals surface area contributed by atoms with E-state index in [0.717, 1.165) is 30.8 Å². The molecule has 0 aliphatic carbocycles. The second-order valence-corrected chi connectivity index (χ2v) is 7.11. The fourth-order valence-electron chi connectivity index (χ4n) is 2.12. The summed E-state index contributed by atoms with van der Waals surface area (Å²) in [5, 5.41) is 4.15. The molecule has 0 radical (unpaired) electrons. The first-order valence-corrected chi connectivity index (χ1v) is 8.06. The van der Waals surface area contributed by atoms with Crippen LogP contribution in [0.3, 0.4) is 0 Å². The van der Waals surface area contributed by atoms with E-state index in [-0.39, 0.29) is 5.41 Å². The summed E-state index contributed by atoms with van der Waals surface area (Å²) in [5.41, 5.74) is 1.40. The molecular weight excluding hydrogens is 286 g/mol. The van der Waals surface area contributed by atoms with E-state index in [1.54, 1.807) is 0 Å². The van der Waals surface area contributed by atoms with Crippen LogP contribution in [-0.2, 0) is 6.54 Å². The van der Waals surface area contributed by atoms with Gasteiger partial charge in [-0.2, -0.15) is 0 Å². The highest BCUT2D eigenvalue weighted by Gasteiger charge is 2.22. The second kappa shape index (κ2) is 6.89. The topological polar surface area (TPSA) is 30.5 Å². The molecule has 2 rings (SSSR count). The third kappa shape index (κ3) is 4.27. The molecule has 1 aliphatic rings. The molecule has 1 heterocycles. The van der Waals surface area contributed by atoms with Gasteiger partial charge in [-0.1, -0.05) is 39.3 Å². The lowest BCUT2D eigenvalue weighted by molar-refractivity contribution is 0.238. The smallest absolute Gasteiger partial charge is 0.179 e. The van der Waals surface area contributed by atoms with Gasteiger partial charge in [-0.05, 0) is 29.0 Å². The van der Waals surface area contributed by atoms with Gasteiger partial charge >= 0.3 is 0 Å². The van der Waals surface area contributed by atoms with E-state index < -0.39 is 0 Å². The second-order valence-electron chi connectivity index (χ2n) is 6.70. The monoisotopic (exact) mass is 311 g/mol. The van der Waals surface area contributed by atoms with Crippen molar-refractivity contribution in [3.05, 3.63) is 22.7 Å². The predicted octanol–water partition coefficient (Wildman–Crippen LogP) is 4.27. The van der Waals surface area contributed by atoms with Gasteiger partial charge in [0.2, 0.25) is 0 Å². The molecule has 0 bridgehead atoms. The number of ether oxygens (including phenoxy) is 2. The Kier molecular flexibility index (Phi) is 5.39. The highest BCUT2D eigenvalue weighted by Crippen LogP contribution is 2.38. The Balaban J connectivity index is 2.01. The number of rotatable bonds is 5. The predicted molar refractivity (Wildman–Crippen MR) is 87.4 cm³/mol. The van der Waals surface area contributed by atoms with E-state index >= 15 is 0 Å². The van der Waals surface area contributed by atoms with Crippen LogP contribution in [0.5, 0.6) is 11.5 Å². The zero-order valence-electron chi connectivity index (χ0n) is 13.5. The van der Waals surface area contributed by atoms with Gasteiger partial charge < -0.3 is 14.8 Å². The lowest BCUT2D eigenvalue weighted by Gasteiger charge is -2.29. The van der Waals surface area contributed by atoms with E-state index in [9.17, 15) is 0 Å². The van der Waals surface area contributed by atoms with Gasteiger partial charge in [0.15, 0.2) is 11.5 Å². The fraction of sp³-hybridized carbons (Fsp3) is 0.647. The van der Waals surface area contributed by atoms with Gasteiger partial charge in [-0.3, -0.25) is 0 Å². The maximum absolute atomic E-state index is 6.31.